The highest BCUT2D eigenvalue weighted by Crippen LogP contribution is 2.40. The third-order valence-electron chi connectivity index (χ3n) is 6.01. The Kier molecular flexibility index (Phi) is 5.99. The molecule has 166 valence electrons. The molecule has 8 heteroatoms. The van der Waals surface area contributed by atoms with E-state index < -0.39 is 0 Å². The van der Waals surface area contributed by atoms with Gasteiger partial charge in [-0.05, 0) is 55.8 Å². The number of hydrogen-bond acceptors (Lipinski definition) is 6. The van der Waals surface area contributed by atoms with Gasteiger partial charge in [0, 0.05) is 34.3 Å². The quantitative estimate of drug-likeness (QED) is 0.563. The van der Waals surface area contributed by atoms with Crippen LogP contribution in [-0.2, 0) is 4.79 Å². The standard InChI is InChI=1S/C24H25N3O3S2/c1-30-18-7-3-2-5-16(18)20-9-8-19(31-20)15-13-27(14-15)24(29)21-10-11-22(32-21)26-23(28)17-6-4-12-25-17/h2-3,5,7-11,15,17,25H,4,6,12-14H2,1H3,(H,26,28)/t17-/m0/s1. The predicted octanol–water partition coefficient (Wildman–Crippen LogP) is 4.42. The van der Waals surface area contributed by atoms with E-state index in [0.29, 0.717) is 10.8 Å². The van der Waals surface area contributed by atoms with Gasteiger partial charge in [0.25, 0.3) is 5.91 Å². The van der Waals surface area contributed by atoms with Gasteiger partial charge >= 0.3 is 0 Å². The molecule has 5 rings (SSSR count). The van der Waals surface area contributed by atoms with Crippen molar-refractivity contribution >= 4 is 39.5 Å². The molecule has 0 radical (unpaired) electrons. The Balaban J connectivity index is 1.18. The first-order chi connectivity index (χ1) is 15.6. The van der Waals surface area contributed by atoms with Gasteiger partial charge in [0.15, 0.2) is 0 Å². The van der Waals surface area contributed by atoms with Crippen molar-refractivity contribution in [3.05, 3.63) is 58.3 Å². The highest BCUT2D eigenvalue weighted by molar-refractivity contribution is 7.18. The van der Waals surface area contributed by atoms with Crippen LogP contribution in [0, 0.1) is 0 Å². The van der Waals surface area contributed by atoms with E-state index in [1.165, 1.54) is 21.1 Å². The van der Waals surface area contributed by atoms with Crippen LogP contribution in [0.1, 0.15) is 33.3 Å². The van der Waals surface area contributed by atoms with Crippen LogP contribution in [0.3, 0.4) is 0 Å². The van der Waals surface area contributed by atoms with Crippen molar-refractivity contribution in [2.45, 2.75) is 24.8 Å². The van der Waals surface area contributed by atoms with Crippen molar-refractivity contribution in [2.24, 2.45) is 0 Å². The predicted molar refractivity (Wildman–Crippen MR) is 129 cm³/mol. The van der Waals surface area contributed by atoms with Crippen LogP contribution in [0.5, 0.6) is 5.75 Å². The molecule has 2 aliphatic heterocycles. The minimum Gasteiger partial charge on any atom is -0.496 e. The second kappa shape index (κ2) is 9.05. The molecule has 6 nitrogen and oxygen atoms in total. The lowest BCUT2D eigenvalue weighted by Crippen LogP contribution is -2.47. The molecule has 0 unspecified atom stereocenters. The van der Waals surface area contributed by atoms with Crippen LogP contribution in [0.25, 0.3) is 10.4 Å². The Morgan fingerprint density at radius 1 is 1.09 bits per heavy atom. The van der Waals surface area contributed by atoms with Gasteiger partial charge < -0.3 is 20.3 Å². The molecule has 0 bridgehead atoms. The van der Waals surface area contributed by atoms with E-state index >= 15 is 0 Å². The first-order valence-corrected chi connectivity index (χ1v) is 12.4. The summed E-state index contributed by atoms with van der Waals surface area (Å²) in [6, 6.07) is 15.8. The van der Waals surface area contributed by atoms with Gasteiger partial charge in [0.05, 0.1) is 23.0 Å². The second-order valence-corrected chi connectivity index (χ2v) is 10.3. The first-order valence-electron chi connectivity index (χ1n) is 10.8. The zero-order valence-corrected chi connectivity index (χ0v) is 19.4. The van der Waals surface area contributed by atoms with Crippen molar-refractivity contribution in [3.8, 4) is 16.2 Å². The Labute approximate surface area is 195 Å². The molecule has 2 N–H and O–H groups in total. The third-order valence-corrected chi connectivity index (χ3v) is 8.28. The number of carbonyl (C=O) groups excluding carboxylic acids is 2. The molecule has 3 aromatic rings. The van der Waals surface area contributed by atoms with Crippen molar-refractivity contribution in [1.29, 1.82) is 0 Å². The Morgan fingerprint density at radius 3 is 2.72 bits per heavy atom. The van der Waals surface area contributed by atoms with Crippen LogP contribution in [-0.4, -0.2) is 49.5 Å². The molecule has 1 aromatic carbocycles. The fourth-order valence-electron chi connectivity index (χ4n) is 4.18. The van der Waals surface area contributed by atoms with E-state index in [0.717, 1.165) is 48.8 Å². The lowest BCUT2D eigenvalue weighted by molar-refractivity contribution is -0.117. The number of amides is 2. The molecule has 32 heavy (non-hydrogen) atoms. The molecule has 0 spiro atoms. The van der Waals surface area contributed by atoms with Crippen LogP contribution in [0.4, 0.5) is 5.00 Å². The number of para-hydroxylation sites is 1. The first kappa shape index (κ1) is 21.2. The van der Waals surface area contributed by atoms with Gasteiger partial charge in [-0.3, -0.25) is 9.59 Å². The van der Waals surface area contributed by atoms with Crippen LogP contribution in [0.2, 0.25) is 0 Å². The summed E-state index contributed by atoms with van der Waals surface area (Å²) in [6.07, 6.45) is 1.88. The zero-order valence-electron chi connectivity index (χ0n) is 17.8. The molecule has 0 aliphatic carbocycles. The number of methoxy groups -OCH3 is 1. The number of likely N-dealkylation sites (tertiary alicyclic amines) is 1. The summed E-state index contributed by atoms with van der Waals surface area (Å²) in [5, 5.41) is 6.85. The summed E-state index contributed by atoms with van der Waals surface area (Å²) in [7, 11) is 1.69. The monoisotopic (exact) mass is 467 g/mol. The van der Waals surface area contributed by atoms with Crippen LogP contribution >= 0.6 is 22.7 Å². The smallest absolute Gasteiger partial charge is 0.264 e. The van der Waals surface area contributed by atoms with Crippen LogP contribution in [0.15, 0.2) is 48.5 Å². The maximum atomic E-state index is 12.9. The number of hydrogen-bond donors (Lipinski definition) is 2. The van der Waals surface area contributed by atoms with Crippen molar-refractivity contribution < 1.29 is 14.3 Å². The highest BCUT2D eigenvalue weighted by Gasteiger charge is 2.34. The molecule has 2 saturated heterocycles. The van der Waals surface area contributed by atoms with Crippen molar-refractivity contribution in [2.75, 3.05) is 32.1 Å². The van der Waals surface area contributed by atoms with E-state index in [1.807, 2.05) is 35.2 Å². The summed E-state index contributed by atoms with van der Waals surface area (Å²) < 4.78 is 5.49. The van der Waals surface area contributed by atoms with E-state index in [4.69, 9.17) is 4.74 Å². The molecule has 4 heterocycles. The second-order valence-electron chi connectivity index (χ2n) is 8.11. The summed E-state index contributed by atoms with van der Waals surface area (Å²) in [5.41, 5.74) is 1.10. The minimum atomic E-state index is -0.126. The molecule has 2 amide bonds. The SMILES string of the molecule is COc1ccccc1-c1ccc(C2CN(C(=O)c3ccc(NC(=O)[C@@H]4CCCN4)s3)C2)s1. The largest absolute Gasteiger partial charge is 0.496 e. The number of rotatable bonds is 6. The molecule has 2 aliphatic rings. The molecule has 0 saturated carbocycles. The topological polar surface area (TPSA) is 70.7 Å². The van der Waals surface area contributed by atoms with E-state index in [1.54, 1.807) is 18.4 Å². The maximum Gasteiger partial charge on any atom is 0.264 e. The Morgan fingerprint density at radius 2 is 1.94 bits per heavy atom. The number of carbonyl (C=O) groups is 2. The molecule has 2 fully saturated rings. The lowest BCUT2D eigenvalue weighted by atomic mass is 9.98. The zero-order chi connectivity index (χ0) is 22.1. The molecular weight excluding hydrogens is 442 g/mol. The number of nitrogens with zero attached hydrogens (tertiary/aromatic N) is 1. The van der Waals surface area contributed by atoms with Gasteiger partial charge in [-0.1, -0.05) is 12.1 Å². The Hall–Kier alpha value is -2.68. The van der Waals surface area contributed by atoms with Gasteiger partial charge in [-0.25, -0.2) is 0 Å². The number of nitrogens with one attached hydrogen (secondary N) is 2. The number of thiophene rings is 2. The molecule has 1 atom stereocenters. The van der Waals surface area contributed by atoms with Crippen LogP contribution < -0.4 is 15.4 Å². The number of anilines is 1. The van der Waals surface area contributed by atoms with Crippen molar-refractivity contribution in [1.82, 2.24) is 10.2 Å². The molecule has 2 aromatic heterocycles. The summed E-state index contributed by atoms with van der Waals surface area (Å²) >= 11 is 3.11. The summed E-state index contributed by atoms with van der Waals surface area (Å²) in [5.74, 6) is 1.25. The Bertz CT molecular complexity index is 1130. The normalized spacial score (nSPS) is 18.4. The highest BCUT2D eigenvalue weighted by atomic mass is 32.1. The minimum absolute atomic E-state index is 0.0177. The average Bonchev–Trinajstić information content (AvgIpc) is 3.54. The van der Waals surface area contributed by atoms with Gasteiger partial charge in [0.2, 0.25) is 5.91 Å². The number of ether oxygens (including phenoxy) is 1. The van der Waals surface area contributed by atoms with E-state index in [2.05, 4.69) is 28.8 Å². The van der Waals surface area contributed by atoms with Gasteiger partial charge in [-0.2, -0.15) is 0 Å². The van der Waals surface area contributed by atoms with Crippen molar-refractivity contribution in [3.63, 3.8) is 0 Å². The molecular formula is C24H25N3O3S2. The summed E-state index contributed by atoms with van der Waals surface area (Å²) in [6.45, 7) is 2.32. The number of benzene rings is 1. The summed E-state index contributed by atoms with van der Waals surface area (Å²) in [4.78, 5) is 30.2. The van der Waals surface area contributed by atoms with Gasteiger partial charge in [0.1, 0.15) is 5.75 Å². The maximum absolute atomic E-state index is 12.9. The average molecular weight is 468 g/mol. The lowest BCUT2D eigenvalue weighted by Gasteiger charge is -2.38. The fraction of sp³-hybridized carbons (Fsp3) is 0.333. The third kappa shape index (κ3) is 4.18. The van der Waals surface area contributed by atoms with E-state index in [9.17, 15) is 9.59 Å². The van der Waals surface area contributed by atoms with Gasteiger partial charge in [-0.15, -0.1) is 22.7 Å². The van der Waals surface area contributed by atoms with E-state index in [-0.39, 0.29) is 17.9 Å². The fourth-order valence-corrected chi connectivity index (χ4v) is 6.18.